The van der Waals surface area contributed by atoms with E-state index in [2.05, 4.69) is 0 Å². The van der Waals surface area contributed by atoms with Gasteiger partial charge in [-0.3, -0.25) is 4.79 Å². The lowest BCUT2D eigenvalue weighted by Gasteiger charge is -2.09. The first-order valence-corrected chi connectivity index (χ1v) is 4.70. The standard InChI is InChI=1S/C8H8Cl3NO/c1-5-3-6(12(2)4-5)7(13)8(9,10)11/h3-4H,1-2H3. The van der Waals surface area contributed by atoms with Crippen LogP contribution in [0, 0.1) is 6.92 Å². The normalized spacial score (nSPS) is 11.8. The topological polar surface area (TPSA) is 22.0 Å². The molecule has 0 spiro atoms. The molecular formula is C8H8Cl3NO. The van der Waals surface area contributed by atoms with Crippen molar-refractivity contribution < 1.29 is 4.79 Å². The number of aromatic nitrogens is 1. The largest absolute Gasteiger partial charge is 0.348 e. The van der Waals surface area contributed by atoms with E-state index in [0.717, 1.165) is 5.56 Å². The monoisotopic (exact) mass is 239 g/mol. The van der Waals surface area contributed by atoms with Gasteiger partial charge in [-0.1, -0.05) is 34.8 Å². The summed E-state index contributed by atoms with van der Waals surface area (Å²) in [7, 11) is 1.73. The van der Waals surface area contributed by atoms with Crippen molar-refractivity contribution >= 4 is 40.6 Å². The first-order chi connectivity index (χ1) is 5.82. The number of aryl methyl sites for hydroxylation is 2. The summed E-state index contributed by atoms with van der Waals surface area (Å²) in [5.74, 6) is -0.506. The number of ketones is 1. The lowest BCUT2D eigenvalue weighted by Crippen LogP contribution is -2.21. The van der Waals surface area contributed by atoms with Gasteiger partial charge in [0.1, 0.15) is 0 Å². The number of Topliss-reactive ketones (excluding diaryl/α,β-unsaturated/α-hetero) is 1. The van der Waals surface area contributed by atoms with Crippen LogP contribution in [0.3, 0.4) is 0 Å². The number of alkyl halides is 3. The molecule has 1 aromatic heterocycles. The van der Waals surface area contributed by atoms with Crippen LogP contribution >= 0.6 is 34.8 Å². The second-order valence-electron chi connectivity index (χ2n) is 2.84. The molecule has 0 fully saturated rings. The third kappa shape index (κ3) is 2.39. The molecule has 0 aliphatic rings. The van der Waals surface area contributed by atoms with Gasteiger partial charge in [0, 0.05) is 13.2 Å². The Hall–Kier alpha value is -0.180. The lowest BCUT2D eigenvalue weighted by atomic mass is 10.3. The summed E-state index contributed by atoms with van der Waals surface area (Å²) in [5.41, 5.74) is 1.36. The highest BCUT2D eigenvalue weighted by molar-refractivity contribution is 6.77. The van der Waals surface area contributed by atoms with Gasteiger partial charge in [-0.2, -0.15) is 0 Å². The van der Waals surface area contributed by atoms with Crippen molar-refractivity contribution in [1.82, 2.24) is 4.57 Å². The van der Waals surface area contributed by atoms with Gasteiger partial charge in [0.05, 0.1) is 5.69 Å². The molecule has 1 aromatic rings. The van der Waals surface area contributed by atoms with Crippen molar-refractivity contribution in [2.45, 2.75) is 10.7 Å². The first kappa shape index (κ1) is 10.9. The molecule has 0 aromatic carbocycles. The zero-order valence-electron chi connectivity index (χ0n) is 7.14. The van der Waals surface area contributed by atoms with Crippen molar-refractivity contribution in [3.8, 4) is 0 Å². The van der Waals surface area contributed by atoms with Gasteiger partial charge >= 0.3 is 0 Å². The van der Waals surface area contributed by atoms with Gasteiger partial charge in [0.15, 0.2) is 0 Å². The molecule has 13 heavy (non-hydrogen) atoms. The Balaban J connectivity index is 3.09. The molecule has 1 rings (SSSR count). The Morgan fingerprint density at radius 2 is 2.00 bits per heavy atom. The number of hydrogen-bond donors (Lipinski definition) is 0. The minimum atomic E-state index is -1.88. The van der Waals surface area contributed by atoms with Crippen LogP contribution in [-0.4, -0.2) is 14.1 Å². The molecule has 72 valence electrons. The predicted octanol–water partition coefficient (Wildman–Crippen LogP) is 2.89. The molecule has 0 amide bonds. The number of nitrogens with zero attached hydrogens (tertiary/aromatic N) is 1. The van der Waals surface area contributed by atoms with Crippen molar-refractivity contribution in [2.75, 3.05) is 0 Å². The summed E-state index contributed by atoms with van der Waals surface area (Å²) in [6, 6.07) is 1.68. The molecule has 0 aliphatic carbocycles. The second-order valence-corrected chi connectivity index (χ2v) is 5.12. The molecule has 0 aliphatic heterocycles. The Morgan fingerprint density at radius 3 is 2.31 bits per heavy atom. The van der Waals surface area contributed by atoms with Crippen molar-refractivity contribution in [1.29, 1.82) is 0 Å². The molecule has 0 radical (unpaired) electrons. The van der Waals surface area contributed by atoms with Crippen molar-refractivity contribution in [3.05, 3.63) is 23.5 Å². The Labute approximate surface area is 91.4 Å². The molecule has 0 saturated heterocycles. The highest BCUT2D eigenvalue weighted by Gasteiger charge is 2.33. The van der Waals surface area contributed by atoms with Gasteiger partial charge < -0.3 is 4.57 Å². The third-order valence-corrected chi connectivity index (χ3v) is 2.15. The van der Waals surface area contributed by atoms with Crippen LogP contribution in [0.4, 0.5) is 0 Å². The van der Waals surface area contributed by atoms with E-state index in [9.17, 15) is 4.79 Å². The molecule has 2 nitrogen and oxygen atoms in total. The molecule has 0 unspecified atom stereocenters. The number of hydrogen-bond acceptors (Lipinski definition) is 1. The smallest absolute Gasteiger partial charge is 0.255 e. The zero-order chi connectivity index (χ0) is 10.2. The second kappa shape index (κ2) is 3.52. The summed E-state index contributed by atoms with van der Waals surface area (Å²) in [6.45, 7) is 1.87. The van der Waals surface area contributed by atoms with Gasteiger partial charge in [0.2, 0.25) is 5.78 Å². The molecule has 0 saturated carbocycles. The Bertz CT molecular complexity index is 338. The molecule has 0 bridgehead atoms. The van der Waals surface area contributed by atoms with E-state index in [0.29, 0.717) is 5.69 Å². The van der Waals surface area contributed by atoms with Crippen LogP contribution in [0.1, 0.15) is 16.1 Å². The van der Waals surface area contributed by atoms with E-state index in [1.165, 1.54) is 0 Å². The molecule has 1 heterocycles. The Kier molecular flexibility index (Phi) is 2.95. The van der Waals surface area contributed by atoms with Crippen LogP contribution in [0.25, 0.3) is 0 Å². The third-order valence-electron chi connectivity index (χ3n) is 1.63. The molecule has 0 atom stereocenters. The van der Waals surface area contributed by atoms with Crippen LogP contribution in [0.2, 0.25) is 0 Å². The van der Waals surface area contributed by atoms with Crippen molar-refractivity contribution in [3.63, 3.8) is 0 Å². The maximum Gasteiger partial charge on any atom is 0.255 e. The van der Waals surface area contributed by atoms with Crippen LogP contribution in [-0.2, 0) is 7.05 Å². The average Bonchev–Trinajstić information content (AvgIpc) is 2.26. The summed E-state index contributed by atoms with van der Waals surface area (Å²) in [6.07, 6.45) is 1.80. The van der Waals surface area contributed by atoms with E-state index in [4.69, 9.17) is 34.8 Å². The fourth-order valence-electron chi connectivity index (χ4n) is 1.10. The highest BCUT2D eigenvalue weighted by Crippen LogP contribution is 2.30. The first-order valence-electron chi connectivity index (χ1n) is 3.57. The van der Waals surface area contributed by atoms with Gasteiger partial charge in [-0.15, -0.1) is 0 Å². The predicted molar refractivity (Wildman–Crippen MR) is 54.8 cm³/mol. The Morgan fingerprint density at radius 1 is 1.46 bits per heavy atom. The highest BCUT2D eigenvalue weighted by atomic mass is 35.6. The van der Waals surface area contributed by atoms with Crippen LogP contribution < -0.4 is 0 Å². The van der Waals surface area contributed by atoms with Gasteiger partial charge in [0.25, 0.3) is 3.79 Å². The fraction of sp³-hybridized carbons (Fsp3) is 0.375. The molecular weight excluding hydrogens is 232 g/mol. The maximum atomic E-state index is 11.5. The summed E-state index contributed by atoms with van der Waals surface area (Å²) in [4.78, 5) is 11.5. The summed E-state index contributed by atoms with van der Waals surface area (Å²) >= 11 is 16.4. The number of halogens is 3. The van der Waals surface area contributed by atoms with E-state index in [1.807, 2.05) is 6.92 Å². The SMILES string of the molecule is Cc1cc(C(=O)C(Cl)(Cl)Cl)n(C)c1. The average molecular weight is 241 g/mol. The van der Waals surface area contributed by atoms with E-state index in [-0.39, 0.29) is 0 Å². The number of carbonyl (C=O) groups excluding carboxylic acids is 1. The fourth-order valence-corrected chi connectivity index (χ4v) is 1.39. The number of rotatable bonds is 1. The molecule has 0 N–H and O–H groups in total. The maximum absolute atomic E-state index is 11.5. The quantitative estimate of drug-likeness (QED) is 0.546. The lowest BCUT2D eigenvalue weighted by molar-refractivity contribution is 0.0988. The van der Waals surface area contributed by atoms with Crippen molar-refractivity contribution in [2.24, 2.45) is 7.05 Å². The van der Waals surface area contributed by atoms with Crippen LogP contribution in [0.15, 0.2) is 12.3 Å². The minimum Gasteiger partial charge on any atom is -0.348 e. The van der Waals surface area contributed by atoms with Crippen LogP contribution in [0.5, 0.6) is 0 Å². The summed E-state index contributed by atoms with van der Waals surface area (Å²) in [5, 5.41) is 0. The van der Waals surface area contributed by atoms with Gasteiger partial charge in [-0.05, 0) is 18.6 Å². The van der Waals surface area contributed by atoms with E-state index in [1.54, 1.807) is 23.9 Å². The van der Waals surface area contributed by atoms with Gasteiger partial charge in [-0.25, -0.2) is 0 Å². The number of carbonyl (C=O) groups is 1. The zero-order valence-corrected chi connectivity index (χ0v) is 9.41. The van der Waals surface area contributed by atoms with E-state index >= 15 is 0 Å². The minimum absolute atomic E-state index is 0.400. The van der Waals surface area contributed by atoms with E-state index < -0.39 is 9.58 Å². The molecule has 5 heteroatoms. The summed E-state index contributed by atoms with van der Waals surface area (Å²) < 4.78 is -0.238.